The molecule has 0 saturated heterocycles. The second kappa shape index (κ2) is 7.65. The van der Waals surface area contributed by atoms with Crippen LogP contribution < -0.4 is 10.6 Å². The van der Waals surface area contributed by atoms with E-state index in [2.05, 4.69) is 20.6 Å². The molecule has 0 amide bonds. The molecule has 0 saturated carbocycles. The van der Waals surface area contributed by atoms with Gasteiger partial charge in [0.15, 0.2) is 5.96 Å². The lowest BCUT2D eigenvalue weighted by atomic mass is 10.4. The molecule has 0 bridgehead atoms. The van der Waals surface area contributed by atoms with E-state index in [-0.39, 0.29) is 12.4 Å². The Bertz CT molecular complexity index is 695. The van der Waals surface area contributed by atoms with Crippen LogP contribution in [0.5, 0.6) is 0 Å². The van der Waals surface area contributed by atoms with E-state index in [0.717, 1.165) is 10.3 Å². The molecule has 2 rings (SSSR count). The molecule has 0 aliphatic heterocycles. The highest BCUT2D eigenvalue weighted by Crippen LogP contribution is 2.24. The fraction of sp³-hybridized carbons (Fsp3) is 0.385. The topological polar surface area (TPSA) is 59.2 Å². The smallest absolute Gasteiger partial charge is 0.319 e. The molecular formula is C13H16Cl2F2N6. The zero-order valence-corrected chi connectivity index (χ0v) is 14.0. The van der Waals surface area contributed by atoms with E-state index in [0.29, 0.717) is 22.7 Å². The molecule has 2 N–H and O–H groups in total. The fourth-order valence-corrected chi connectivity index (χ4v) is 2.39. The monoisotopic (exact) mass is 364 g/mol. The van der Waals surface area contributed by atoms with Crippen LogP contribution in [0.15, 0.2) is 23.5 Å². The molecule has 0 atom stereocenters. The second-order valence-electron chi connectivity index (χ2n) is 4.64. The average molecular weight is 365 g/mol. The van der Waals surface area contributed by atoms with E-state index in [1.165, 1.54) is 12.4 Å². The van der Waals surface area contributed by atoms with Gasteiger partial charge in [0.05, 0.1) is 18.1 Å². The van der Waals surface area contributed by atoms with E-state index >= 15 is 0 Å². The van der Waals surface area contributed by atoms with Crippen LogP contribution in [0.1, 0.15) is 18.1 Å². The zero-order valence-electron chi connectivity index (χ0n) is 12.5. The Morgan fingerprint density at radius 1 is 1.35 bits per heavy atom. The minimum absolute atomic E-state index is 0.117. The van der Waals surface area contributed by atoms with Crippen molar-refractivity contribution in [2.24, 2.45) is 12.0 Å². The molecule has 2 aromatic rings. The highest BCUT2D eigenvalue weighted by atomic mass is 35.5. The van der Waals surface area contributed by atoms with Crippen molar-refractivity contribution >= 4 is 29.2 Å². The number of hydrogen-bond acceptors (Lipinski definition) is 2. The van der Waals surface area contributed by atoms with Crippen LogP contribution in [0.4, 0.5) is 8.78 Å². The van der Waals surface area contributed by atoms with E-state index in [1.54, 1.807) is 24.7 Å². The Hall–Kier alpha value is -1.80. The van der Waals surface area contributed by atoms with Crippen molar-refractivity contribution in [1.29, 1.82) is 0 Å². The highest BCUT2D eigenvalue weighted by molar-refractivity contribution is 6.41. The van der Waals surface area contributed by atoms with Gasteiger partial charge in [-0.25, -0.2) is 4.98 Å². The molecule has 0 radical (unpaired) electrons. The molecule has 2 aromatic heterocycles. The third kappa shape index (κ3) is 4.14. The Morgan fingerprint density at radius 2 is 2.04 bits per heavy atom. The lowest BCUT2D eigenvalue weighted by Gasteiger charge is -2.13. The number of nitrogens with zero attached hydrogens (tertiary/aromatic N) is 4. The van der Waals surface area contributed by atoms with Crippen LogP contribution in [0.25, 0.3) is 0 Å². The van der Waals surface area contributed by atoms with Gasteiger partial charge in [-0.15, -0.1) is 0 Å². The third-order valence-electron chi connectivity index (χ3n) is 3.25. The maximum absolute atomic E-state index is 12.7. The summed E-state index contributed by atoms with van der Waals surface area (Å²) < 4.78 is 28.0. The van der Waals surface area contributed by atoms with Crippen molar-refractivity contribution in [3.8, 4) is 0 Å². The number of hydrogen-bond donors (Lipinski definition) is 2. The number of rotatable bonds is 5. The molecule has 0 spiro atoms. The van der Waals surface area contributed by atoms with Crippen molar-refractivity contribution in [3.05, 3.63) is 40.2 Å². The van der Waals surface area contributed by atoms with Crippen LogP contribution in [-0.4, -0.2) is 27.1 Å². The quantitative estimate of drug-likeness (QED) is 0.633. The van der Waals surface area contributed by atoms with Gasteiger partial charge < -0.3 is 15.2 Å². The van der Waals surface area contributed by atoms with Crippen molar-refractivity contribution in [1.82, 2.24) is 24.8 Å². The number of aromatic nitrogens is 3. The molecule has 0 fully saturated rings. The van der Waals surface area contributed by atoms with Gasteiger partial charge in [0.2, 0.25) is 0 Å². The molecule has 10 heteroatoms. The molecule has 2 heterocycles. The predicted molar refractivity (Wildman–Crippen MR) is 86.0 cm³/mol. The molecule has 23 heavy (non-hydrogen) atoms. The minimum atomic E-state index is -2.63. The lowest BCUT2D eigenvalue weighted by molar-refractivity contribution is 0.0668. The van der Waals surface area contributed by atoms with Gasteiger partial charge in [0.1, 0.15) is 11.0 Å². The summed E-state index contributed by atoms with van der Waals surface area (Å²) in [5.74, 6) is 0.662. The number of halogens is 4. The summed E-state index contributed by atoms with van der Waals surface area (Å²) >= 11 is 11.9. The van der Waals surface area contributed by atoms with E-state index < -0.39 is 6.55 Å². The van der Waals surface area contributed by atoms with E-state index in [9.17, 15) is 8.78 Å². The zero-order chi connectivity index (χ0) is 17.0. The first kappa shape index (κ1) is 17.6. The number of aliphatic imine (C=N–C) groups is 1. The fourth-order valence-electron chi connectivity index (χ4n) is 1.97. The maximum atomic E-state index is 12.7. The van der Waals surface area contributed by atoms with Gasteiger partial charge in [-0.3, -0.25) is 9.56 Å². The molecule has 0 aliphatic rings. The van der Waals surface area contributed by atoms with Crippen LogP contribution >= 0.6 is 23.2 Å². The van der Waals surface area contributed by atoms with Crippen LogP contribution in [0.2, 0.25) is 10.2 Å². The van der Waals surface area contributed by atoms with Crippen molar-refractivity contribution < 1.29 is 8.78 Å². The first-order valence-corrected chi connectivity index (χ1v) is 7.43. The first-order chi connectivity index (χ1) is 10.9. The lowest BCUT2D eigenvalue weighted by Crippen LogP contribution is -2.37. The molecule has 0 unspecified atom stereocenters. The largest absolute Gasteiger partial charge is 0.351 e. The number of guanidine groups is 1. The summed E-state index contributed by atoms with van der Waals surface area (Å²) in [6, 6.07) is 1.74. The Morgan fingerprint density at radius 3 is 2.61 bits per heavy atom. The van der Waals surface area contributed by atoms with Crippen LogP contribution in [0, 0.1) is 0 Å². The predicted octanol–water partition coefficient (Wildman–Crippen LogP) is 2.79. The summed E-state index contributed by atoms with van der Waals surface area (Å²) in [4.78, 5) is 7.92. The molecule has 0 aromatic carbocycles. The Kier molecular flexibility index (Phi) is 5.84. The Balaban J connectivity index is 1.93. The molecule has 126 valence electrons. The van der Waals surface area contributed by atoms with Gasteiger partial charge in [-0.05, 0) is 6.07 Å². The summed E-state index contributed by atoms with van der Waals surface area (Å²) in [6.07, 6.45) is 2.55. The highest BCUT2D eigenvalue weighted by Gasteiger charge is 2.12. The van der Waals surface area contributed by atoms with E-state index in [4.69, 9.17) is 23.2 Å². The number of nitrogens with one attached hydrogen (secondary N) is 2. The van der Waals surface area contributed by atoms with Gasteiger partial charge in [-0.2, -0.15) is 8.78 Å². The summed E-state index contributed by atoms with van der Waals surface area (Å²) in [5.41, 5.74) is 0.858. The van der Waals surface area contributed by atoms with Crippen molar-refractivity contribution in [2.45, 2.75) is 19.6 Å². The SMILES string of the molecule is CN=C(NCc1nccn1C(F)F)NCc1cc(Cl)c(Cl)n1C. The second-order valence-corrected chi connectivity index (χ2v) is 5.41. The van der Waals surface area contributed by atoms with Crippen LogP contribution in [-0.2, 0) is 20.1 Å². The van der Waals surface area contributed by atoms with Crippen molar-refractivity contribution in [2.75, 3.05) is 7.05 Å². The summed E-state index contributed by atoms with van der Waals surface area (Å²) in [7, 11) is 3.38. The van der Waals surface area contributed by atoms with Crippen molar-refractivity contribution in [3.63, 3.8) is 0 Å². The van der Waals surface area contributed by atoms with Gasteiger partial charge in [-0.1, -0.05) is 23.2 Å². The van der Waals surface area contributed by atoms with Gasteiger partial charge in [0.25, 0.3) is 0 Å². The third-order valence-corrected chi connectivity index (χ3v) is 4.09. The van der Waals surface area contributed by atoms with Gasteiger partial charge >= 0.3 is 6.55 Å². The number of alkyl halides is 2. The standard InChI is InChI=1S/C13H16Cl2F2N6/c1-18-13(20-6-8-5-9(14)11(15)22(8)2)21-7-10-19-3-4-23(10)12(16)17/h3-5,12H,6-7H2,1-2H3,(H2,18,20,21). The number of imidazole rings is 1. The minimum Gasteiger partial charge on any atom is -0.351 e. The molecule has 0 aliphatic carbocycles. The molecule has 6 nitrogen and oxygen atoms in total. The Labute approximate surface area is 142 Å². The van der Waals surface area contributed by atoms with Crippen LogP contribution in [0.3, 0.4) is 0 Å². The summed E-state index contributed by atoms with van der Waals surface area (Å²) in [5, 5.41) is 6.89. The first-order valence-electron chi connectivity index (χ1n) is 6.68. The normalized spacial score (nSPS) is 12.0. The summed E-state index contributed by atoms with van der Waals surface area (Å²) in [6.45, 7) is -2.09. The average Bonchev–Trinajstić information content (AvgIpc) is 3.08. The maximum Gasteiger partial charge on any atom is 0.319 e. The molecular weight excluding hydrogens is 349 g/mol. The van der Waals surface area contributed by atoms with E-state index in [1.807, 2.05) is 0 Å². The van der Waals surface area contributed by atoms with Gasteiger partial charge in [0, 0.05) is 32.2 Å².